The zero-order chi connectivity index (χ0) is 16.1. The van der Waals surface area contributed by atoms with E-state index in [1.165, 1.54) is 12.8 Å². The van der Waals surface area contributed by atoms with E-state index in [-0.39, 0.29) is 5.91 Å². The summed E-state index contributed by atoms with van der Waals surface area (Å²) in [5.41, 5.74) is 1.84. The second-order valence-corrected chi connectivity index (χ2v) is 6.17. The Bertz CT molecular complexity index is 666. The molecule has 2 aromatic rings. The monoisotopic (exact) mass is 329 g/mol. The van der Waals surface area contributed by atoms with Crippen LogP contribution in [0.25, 0.3) is 0 Å². The molecule has 3 rings (SSSR count). The second-order valence-electron chi connectivity index (χ2n) is 5.76. The fourth-order valence-electron chi connectivity index (χ4n) is 2.73. The molecular formula is C18H20ClN3O. The van der Waals surface area contributed by atoms with Crippen LogP contribution in [0.3, 0.4) is 0 Å². The number of hydrogen-bond acceptors (Lipinski definition) is 3. The van der Waals surface area contributed by atoms with Crippen LogP contribution in [-0.2, 0) is 17.8 Å². The molecule has 5 heteroatoms. The van der Waals surface area contributed by atoms with Crippen LogP contribution in [0.1, 0.15) is 24.0 Å². The lowest BCUT2D eigenvalue weighted by Crippen LogP contribution is -2.25. The number of pyridine rings is 1. The molecule has 1 amide bonds. The van der Waals surface area contributed by atoms with Crippen molar-refractivity contribution in [3.8, 4) is 0 Å². The normalized spacial score (nSPS) is 14.0. The highest BCUT2D eigenvalue weighted by atomic mass is 35.5. The average molecular weight is 330 g/mol. The minimum Gasteiger partial charge on any atom is -0.357 e. The third-order valence-corrected chi connectivity index (χ3v) is 4.41. The summed E-state index contributed by atoms with van der Waals surface area (Å²) in [5.74, 6) is 0.982. The minimum atomic E-state index is -0.0401. The number of nitrogens with one attached hydrogen (secondary N) is 1. The molecule has 0 spiro atoms. The van der Waals surface area contributed by atoms with Crippen LogP contribution >= 0.6 is 11.6 Å². The standard InChI is InChI=1S/C18H20ClN3O/c19-16-6-2-1-5-15(16)11-18(23)21-13-14-7-8-17(20-12-14)22-9-3-4-10-22/h1-2,5-8,12H,3-4,9-11,13H2,(H,21,23). The summed E-state index contributed by atoms with van der Waals surface area (Å²) in [6.07, 6.45) is 4.60. The predicted octanol–water partition coefficient (Wildman–Crippen LogP) is 3.19. The molecule has 1 fully saturated rings. The maximum Gasteiger partial charge on any atom is 0.224 e. The van der Waals surface area contributed by atoms with Gasteiger partial charge < -0.3 is 10.2 Å². The van der Waals surface area contributed by atoms with Gasteiger partial charge in [-0.2, -0.15) is 0 Å². The summed E-state index contributed by atoms with van der Waals surface area (Å²) in [6.45, 7) is 2.65. The number of aromatic nitrogens is 1. The van der Waals surface area contributed by atoms with Gasteiger partial charge in [0.1, 0.15) is 5.82 Å². The molecule has 2 heterocycles. The number of halogens is 1. The quantitative estimate of drug-likeness (QED) is 0.916. The number of rotatable bonds is 5. The average Bonchev–Trinajstić information content (AvgIpc) is 3.10. The summed E-state index contributed by atoms with van der Waals surface area (Å²) >= 11 is 6.07. The molecule has 1 aliphatic heterocycles. The number of hydrogen-bond donors (Lipinski definition) is 1. The molecule has 1 aliphatic rings. The smallest absolute Gasteiger partial charge is 0.224 e. The van der Waals surface area contributed by atoms with Gasteiger partial charge in [0.15, 0.2) is 0 Å². The van der Waals surface area contributed by atoms with Crippen LogP contribution in [-0.4, -0.2) is 24.0 Å². The molecular weight excluding hydrogens is 310 g/mol. The molecule has 0 radical (unpaired) electrons. The van der Waals surface area contributed by atoms with E-state index in [1.54, 1.807) is 6.07 Å². The zero-order valence-electron chi connectivity index (χ0n) is 13.0. The van der Waals surface area contributed by atoms with Crippen molar-refractivity contribution in [1.29, 1.82) is 0 Å². The molecule has 4 nitrogen and oxygen atoms in total. The molecule has 1 saturated heterocycles. The van der Waals surface area contributed by atoms with Gasteiger partial charge >= 0.3 is 0 Å². The van der Waals surface area contributed by atoms with Gasteiger partial charge in [-0.05, 0) is 36.1 Å². The molecule has 120 valence electrons. The number of carbonyl (C=O) groups excluding carboxylic acids is 1. The summed E-state index contributed by atoms with van der Waals surface area (Å²) < 4.78 is 0. The van der Waals surface area contributed by atoms with E-state index >= 15 is 0 Å². The Morgan fingerprint density at radius 1 is 1.17 bits per heavy atom. The van der Waals surface area contributed by atoms with Crippen molar-refractivity contribution < 1.29 is 4.79 Å². The van der Waals surface area contributed by atoms with E-state index in [0.717, 1.165) is 30.0 Å². The Kier molecular flexibility index (Phi) is 5.13. The van der Waals surface area contributed by atoms with Gasteiger partial charge in [0.2, 0.25) is 5.91 Å². The Morgan fingerprint density at radius 2 is 1.96 bits per heavy atom. The van der Waals surface area contributed by atoms with Crippen LogP contribution in [0.5, 0.6) is 0 Å². The highest BCUT2D eigenvalue weighted by Gasteiger charge is 2.13. The third-order valence-electron chi connectivity index (χ3n) is 4.04. The molecule has 0 unspecified atom stereocenters. The second kappa shape index (κ2) is 7.47. The number of anilines is 1. The Morgan fingerprint density at radius 3 is 2.65 bits per heavy atom. The van der Waals surface area contributed by atoms with E-state index in [4.69, 9.17) is 11.6 Å². The fourth-order valence-corrected chi connectivity index (χ4v) is 2.93. The summed E-state index contributed by atoms with van der Waals surface area (Å²) in [6, 6.07) is 11.5. The van der Waals surface area contributed by atoms with Gasteiger partial charge in [-0.15, -0.1) is 0 Å². The van der Waals surface area contributed by atoms with Crippen LogP contribution in [0.15, 0.2) is 42.6 Å². The molecule has 1 N–H and O–H groups in total. The van der Waals surface area contributed by atoms with E-state index < -0.39 is 0 Å². The summed E-state index contributed by atoms with van der Waals surface area (Å²) in [4.78, 5) is 18.8. The van der Waals surface area contributed by atoms with E-state index in [2.05, 4.69) is 15.2 Å². The van der Waals surface area contributed by atoms with Crippen molar-refractivity contribution in [2.24, 2.45) is 0 Å². The minimum absolute atomic E-state index is 0.0401. The van der Waals surface area contributed by atoms with Crippen molar-refractivity contribution in [2.75, 3.05) is 18.0 Å². The van der Waals surface area contributed by atoms with E-state index in [0.29, 0.717) is 18.0 Å². The van der Waals surface area contributed by atoms with Gasteiger partial charge in [0.05, 0.1) is 6.42 Å². The SMILES string of the molecule is O=C(Cc1ccccc1Cl)NCc1ccc(N2CCCC2)nc1. The zero-order valence-corrected chi connectivity index (χ0v) is 13.7. The van der Waals surface area contributed by atoms with Gasteiger partial charge in [-0.3, -0.25) is 4.79 Å². The highest BCUT2D eigenvalue weighted by Crippen LogP contribution is 2.18. The van der Waals surface area contributed by atoms with E-state index in [1.807, 2.05) is 36.5 Å². The number of nitrogens with zero attached hydrogens (tertiary/aromatic N) is 2. The number of benzene rings is 1. The lowest BCUT2D eigenvalue weighted by molar-refractivity contribution is -0.120. The van der Waals surface area contributed by atoms with Crippen molar-refractivity contribution in [1.82, 2.24) is 10.3 Å². The first kappa shape index (κ1) is 15.8. The van der Waals surface area contributed by atoms with Crippen molar-refractivity contribution in [3.63, 3.8) is 0 Å². The van der Waals surface area contributed by atoms with Crippen molar-refractivity contribution in [2.45, 2.75) is 25.8 Å². The highest BCUT2D eigenvalue weighted by molar-refractivity contribution is 6.31. The maximum atomic E-state index is 12.0. The van der Waals surface area contributed by atoms with Crippen LogP contribution in [0, 0.1) is 0 Å². The first-order chi connectivity index (χ1) is 11.2. The topological polar surface area (TPSA) is 45.2 Å². The summed E-state index contributed by atoms with van der Waals surface area (Å²) in [7, 11) is 0. The molecule has 0 bridgehead atoms. The molecule has 0 atom stereocenters. The lowest BCUT2D eigenvalue weighted by Gasteiger charge is -2.16. The Balaban J connectivity index is 1.51. The fraction of sp³-hybridized carbons (Fsp3) is 0.333. The molecule has 0 aliphatic carbocycles. The maximum absolute atomic E-state index is 12.0. The van der Waals surface area contributed by atoms with Crippen LogP contribution in [0.2, 0.25) is 5.02 Å². The Labute approximate surface area is 141 Å². The van der Waals surface area contributed by atoms with Crippen LogP contribution < -0.4 is 10.2 Å². The lowest BCUT2D eigenvalue weighted by atomic mass is 10.1. The van der Waals surface area contributed by atoms with Gasteiger partial charge in [0, 0.05) is 30.9 Å². The summed E-state index contributed by atoms with van der Waals surface area (Å²) in [5, 5.41) is 3.54. The van der Waals surface area contributed by atoms with E-state index in [9.17, 15) is 4.79 Å². The first-order valence-electron chi connectivity index (χ1n) is 7.92. The predicted molar refractivity (Wildman–Crippen MR) is 92.7 cm³/mol. The Hall–Kier alpha value is -2.07. The molecule has 0 saturated carbocycles. The van der Waals surface area contributed by atoms with Crippen molar-refractivity contribution in [3.05, 3.63) is 58.7 Å². The van der Waals surface area contributed by atoms with Gasteiger partial charge in [-0.25, -0.2) is 4.98 Å². The van der Waals surface area contributed by atoms with Crippen LogP contribution in [0.4, 0.5) is 5.82 Å². The van der Waals surface area contributed by atoms with Crippen molar-refractivity contribution >= 4 is 23.3 Å². The third kappa shape index (κ3) is 4.23. The molecule has 23 heavy (non-hydrogen) atoms. The largest absolute Gasteiger partial charge is 0.357 e. The first-order valence-corrected chi connectivity index (χ1v) is 8.30. The number of amides is 1. The number of carbonyl (C=O) groups is 1. The van der Waals surface area contributed by atoms with Gasteiger partial charge in [-0.1, -0.05) is 35.9 Å². The van der Waals surface area contributed by atoms with Gasteiger partial charge in [0.25, 0.3) is 0 Å². The molecule has 1 aromatic heterocycles. The molecule has 1 aromatic carbocycles.